The number of hydrogen-bond acceptors (Lipinski definition) is 2. The van der Waals surface area contributed by atoms with E-state index in [4.69, 9.17) is 4.74 Å². The summed E-state index contributed by atoms with van der Waals surface area (Å²) in [4.78, 5) is 0. The molecule has 0 atom stereocenters. The third-order valence-corrected chi connectivity index (χ3v) is 3.67. The Kier molecular flexibility index (Phi) is 5.34. The number of nitriles is 1. The molecule has 0 saturated carbocycles. The molecule has 0 radical (unpaired) electrons. The van der Waals surface area contributed by atoms with Gasteiger partial charge in [0.2, 0.25) is 0 Å². The summed E-state index contributed by atoms with van der Waals surface area (Å²) in [6.45, 7) is 2.54. The Morgan fingerprint density at radius 1 is 1.33 bits per heavy atom. The Balaban J connectivity index is 2.37. The second-order valence-electron chi connectivity index (χ2n) is 4.30. The molecule has 0 aromatic heterocycles. The first-order chi connectivity index (χ1) is 10.1. The minimum atomic E-state index is -0.352. The molecule has 21 heavy (non-hydrogen) atoms. The van der Waals surface area contributed by atoms with Crippen molar-refractivity contribution in [1.82, 2.24) is 0 Å². The van der Waals surface area contributed by atoms with Crippen LogP contribution in [0.1, 0.15) is 18.1 Å². The zero-order valence-electron chi connectivity index (χ0n) is 11.4. The Morgan fingerprint density at radius 3 is 2.76 bits per heavy atom. The summed E-state index contributed by atoms with van der Waals surface area (Å²) in [7, 11) is 0. The molecule has 0 bridgehead atoms. The van der Waals surface area contributed by atoms with Gasteiger partial charge in [-0.3, -0.25) is 0 Å². The average Bonchev–Trinajstić information content (AvgIpc) is 2.47. The van der Waals surface area contributed by atoms with Crippen LogP contribution in [0.5, 0.6) is 5.75 Å². The van der Waals surface area contributed by atoms with E-state index in [0.29, 0.717) is 17.7 Å². The highest BCUT2D eigenvalue weighted by atomic mass is 127. The predicted molar refractivity (Wildman–Crippen MR) is 90.2 cm³/mol. The summed E-state index contributed by atoms with van der Waals surface area (Å²) in [5.74, 6) is 0.467. The Labute approximate surface area is 137 Å². The van der Waals surface area contributed by atoms with E-state index in [9.17, 15) is 9.65 Å². The maximum atomic E-state index is 13.3. The summed E-state index contributed by atoms with van der Waals surface area (Å²) in [5, 5.41) is 9.27. The van der Waals surface area contributed by atoms with Crippen molar-refractivity contribution >= 4 is 34.2 Å². The highest BCUT2D eigenvalue weighted by Gasteiger charge is 2.05. The quantitative estimate of drug-likeness (QED) is 0.421. The van der Waals surface area contributed by atoms with Gasteiger partial charge in [-0.15, -0.1) is 0 Å². The van der Waals surface area contributed by atoms with Crippen molar-refractivity contribution in [1.29, 1.82) is 5.26 Å². The fourth-order valence-electron chi connectivity index (χ4n) is 1.88. The maximum Gasteiger partial charge on any atom is 0.132 e. The van der Waals surface area contributed by atoms with E-state index >= 15 is 0 Å². The molecule has 0 spiro atoms. The van der Waals surface area contributed by atoms with E-state index < -0.39 is 0 Å². The third-order valence-electron chi connectivity index (χ3n) is 2.82. The van der Waals surface area contributed by atoms with Crippen molar-refractivity contribution in [3.8, 4) is 11.8 Å². The smallest absolute Gasteiger partial charge is 0.132 e. The van der Waals surface area contributed by atoms with Crippen LogP contribution in [0.25, 0.3) is 11.6 Å². The van der Waals surface area contributed by atoms with Crippen LogP contribution in [-0.4, -0.2) is 6.61 Å². The number of rotatable bonds is 4. The molecule has 0 aliphatic carbocycles. The minimum absolute atomic E-state index is 0.352. The predicted octanol–water partition coefficient (Wildman–Crippen LogP) is 4.89. The van der Waals surface area contributed by atoms with Gasteiger partial charge in [0.05, 0.1) is 21.8 Å². The second-order valence-corrected chi connectivity index (χ2v) is 5.47. The van der Waals surface area contributed by atoms with Gasteiger partial charge in [-0.2, -0.15) is 5.26 Å². The van der Waals surface area contributed by atoms with Gasteiger partial charge in [0, 0.05) is 0 Å². The van der Waals surface area contributed by atoms with Gasteiger partial charge in [0.25, 0.3) is 0 Å². The van der Waals surface area contributed by atoms with Gasteiger partial charge in [-0.05, 0) is 71.0 Å². The zero-order valence-corrected chi connectivity index (χ0v) is 13.6. The zero-order chi connectivity index (χ0) is 15.2. The first kappa shape index (κ1) is 15.5. The van der Waals surface area contributed by atoms with Gasteiger partial charge in [0.15, 0.2) is 0 Å². The summed E-state index contributed by atoms with van der Waals surface area (Å²) in [6, 6.07) is 13.8. The van der Waals surface area contributed by atoms with Crippen LogP contribution in [0.15, 0.2) is 42.5 Å². The molecule has 0 aliphatic rings. The van der Waals surface area contributed by atoms with Crippen LogP contribution in [0, 0.1) is 20.7 Å². The van der Waals surface area contributed by atoms with Gasteiger partial charge in [-0.25, -0.2) is 4.39 Å². The molecule has 4 heteroatoms. The van der Waals surface area contributed by atoms with E-state index in [1.807, 2.05) is 25.1 Å². The van der Waals surface area contributed by atoms with Crippen molar-refractivity contribution < 1.29 is 9.13 Å². The van der Waals surface area contributed by atoms with Crippen molar-refractivity contribution in [3.05, 3.63) is 63.0 Å². The topological polar surface area (TPSA) is 33.0 Å². The molecule has 0 aliphatic heterocycles. The molecule has 2 aromatic carbocycles. The number of benzene rings is 2. The van der Waals surface area contributed by atoms with Crippen molar-refractivity contribution in [3.63, 3.8) is 0 Å². The third kappa shape index (κ3) is 4.05. The van der Waals surface area contributed by atoms with Crippen LogP contribution in [0.2, 0.25) is 0 Å². The molecular weight excluding hydrogens is 380 g/mol. The highest BCUT2D eigenvalue weighted by molar-refractivity contribution is 14.1. The monoisotopic (exact) mass is 393 g/mol. The first-order valence-electron chi connectivity index (χ1n) is 6.44. The van der Waals surface area contributed by atoms with E-state index in [0.717, 1.165) is 14.9 Å². The van der Waals surface area contributed by atoms with Crippen LogP contribution >= 0.6 is 22.6 Å². The molecule has 2 rings (SSSR count). The normalized spacial score (nSPS) is 11.0. The fourth-order valence-corrected chi connectivity index (χ4v) is 2.58. The van der Waals surface area contributed by atoms with Crippen molar-refractivity contribution in [2.45, 2.75) is 6.92 Å². The van der Waals surface area contributed by atoms with Crippen molar-refractivity contribution in [2.24, 2.45) is 0 Å². The molecule has 0 unspecified atom stereocenters. The molecule has 0 amide bonds. The Morgan fingerprint density at radius 2 is 2.14 bits per heavy atom. The van der Waals surface area contributed by atoms with E-state index in [1.165, 1.54) is 12.1 Å². The Hall–Kier alpha value is -1.87. The maximum absolute atomic E-state index is 13.3. The number of ether oxygens (including phenoxy) is 1. The summed E-state index contributed by atoms with van der Waals surface area (Å²) < 4.78 is 19.7. The van der Waals surface area contributed by atoms with Crippen LogP contribution < -0.4 is 4.74 Å². The molecule has 0 N–H and O–H groups in total. The lowest BCUT2D eigenvalue weighted by atomic mass is 10.0. The molecule has 106 valence electrons. The Bertz CT molecular complexity index is 719. The second kappa shape index (κ2) is 7.23. The summed E-state index contributed by atoms with van der Waals surface area (Å²) in [5.41, 5.74) is 1.87. The van der Waals surface area contributed by atoms with Crippen LogP contribution in [0.4, 0.5) is 4.39 Å². The average molecular weight is 393 g/mol. The summed E-state index contributed by atoms with van der Waals surface area (Å²) >= 11 is 2.19. The van der Waals surface area contributed by atoms with Crippen LogP contribution in [-0.2, 0) is 0 Å². The fraction of sp³-hybridized carbons (Fsp3) is 0.118. The van der Waals surface area contributed by atoms with Gasteiger partial charge in [0.1, 0.15) is 11.6 Å². The van der Waals surface area contributed by atoms with E-state index in [2.05, 4.69) is 28.7 Å². The number of nitrogens with zero attached hydrogens (tertiary/aromatic N) is 1. The molecule has 0 heterocycles. The number of hydrogen-bond donors (Lipinski definition) is 0. The molecule has 0 fully saturated rings. The highest BCUT2D eigenvalue weighted by Crippen LogP contribution is 2.25. The SMILES string of the molecule is CCOc1ccc(/C=C(/C#N)c2cccc(F)c2)cc1I. The molecule has 2 nitrogen and oxygen atoms in total. The lowest BCUT2D eigenvalue weighted by molar-refractivity contribution is 0.338. The van der Waals surface area contributed by atoms with Gasteiger partial charge in [-0.1, -0.05) is 18.2 Å². The molecule has 2 aromatic rings. The van der Waals surface area contributed by atoms with Gasteiger partial charge < -0.3 is 4.74 Å². The lowest BCUT2D eigenvalue weighted by Gasteiger charge is -2.06. The number of allylic oxidation sites excluding steroid dienone is 1. The largest absolute Gasteiger partial charge is 0.493 e. The minimum Gasteiger partial charge on any atom is -0.493 e. The molecular formula is C17H13FINO. The van der Waals surface area contributed by atoms with Crippen LogP contribution in [0.3, 0.4) is 0 Å². The van der Waals surface area contributed by atoms with Crippen molar-refractivity contribution in [2.75, 3.05) is 6.61 Å². The molecule has 0 saturated heterocycles. The van der Waals surface area contributed by atoms with Gasteiger partial charge >= 0.3 is 0 Å². The summed E-state index contributed by atoms with van der Waals surface area (Å²) in [6.07, 6.45) is 1.74. The first-order valence-corrected chi connectivity index (χ1v) is 7.52. The van der Waals surface area contributed by atoms with E-state index in [-0.39, 0.29) is 5.82 Å². The van der Waals surface area contributed by atoms with E-state index in [1.54, 1.807) is 18.2 Å². The standard InChI is InChI=1S/C17H13FINO/c1-2-21-17-7-6-12(9-16(17)19)8-14(11-20)13-4-3-5-15(18)10-13/h3-10H,2H2,1H3/b14-8-. The number of halogens is 2. The lowest BCUT2D eigenvalue weighted by Crippen LogP contribution is -1.94.